The molecule has 1 rings (SSSR count). The maximum absolute atomic E-state index is 10.5. The average molecular weight is 208 g/mol. The number of aliphatic carboxylic acids is 1. The van der Waals surface area contributed by atoms with Gasteiger partial charge in [-0.2, -0.15) is 0 Å². The van der Waals surface area contributed by atoms with Crippen LogP contribution in [0.15, 0.2) is 12.3 Å². The lowest BCUT2D eigenvalue weighted by Gasteiger charge is -2.10. The molecule has 0 aromatic carbocycles. The minimum absolute atomic E-state index is 0.0710. The first-order valence-electron chi connectivity index (χ1n) is 5.05. The molecule has 0 aliphatic heterocycles. The summed E-state index contributed by atoms with van der Waals surface area (Å²) in [5.41, 5.74) is 0.956. The fraction of sp³-hybridized carbons (Fsp3) is 0.545. The van der Waals surface area contributed by atoms with Crippen LogP contribution in [0.25, 0.3) is 0 Å². The molecular formula is C11H16N2O2. The molecule has 0 spiro atoms. The Morgan fingerprint density at radius 1 is 1.47 bits per heavy atom. The third-order valence-corrected chi connectivity index (χ3v) is 2.21. The molecule has 1 N–H and O–H groups in total. The zero-order chi connectivity index (χ0) is 11.4. The van der Waals surface area contributed by atoms with E-state index in [0.29, 0.717) is 11.7 Å². The van der Waals surface area contributed by atoms with Crippen molar-refractivity contribution in [2.45, 2.75) is 39.0 Å². The van der Waals surface area contributed by atoms with Crippen molar-refractivity contribution >= 4 is 5.97 Å². The van der Waals surface area contributed by atoms with Crippen molar-refractivity contribution in [2.24, 2.45) is 0 Å². The topological polar surface area (TPSA) is 63.1 Å². The van der Waals surface area contributed by atoms with Crippen LogP contribution in [0.1, 0.15) is 50.5 Å². The number of aromatic nitrogens is 2. The van der Waals surface area contributed by atoms with Gasteiger partial charge in [0, 0.05) is 17.8 Å². The van der Waals surface area contributed by atoms with Crippen molar-refractivity contribution in [3.05, 3.63) is 23.8 Å². The van der Waals surface area contributed by atoms with Crippen molar-refractivity contribution in [3.8, 4) is 0 Å². The van der Waals surface area contributed by atoms with Gasteiger partial charge in [-0.05, 0) is 12.0 Å². The summed E-state index contributed by atoms with van der Waals surface area (Å²) in [5, 5.41) is 8.67. The van der Waals surface area contributed by atoms with E-state index in [0.717, 1.165) is 5.69 Å². The largest absolute Gasteiger partial charge is 0.481 e. The van der Waals surface area contributed by atoms with Crippen molar-refractivity contribution in [3.63, 3.8) is 0 Å². The molecule has 0 radical (unpaired) electrons. The maximum Gasteiger partial charge on any atom is 0.304 e. The van der Waals surface area contributed by atoms with Crippen LogP contribution < -0.4 is 0 Å². The molecule has 0 fully saturated rings. The van der Waals surface area contributed by atoms with Gasteiger partial charge in [-0.1, -0.05) is 20.8 Å². The standard InChI is InChI=1S/C11H16N2O2/c1-7(2)9-4-5-12-11(13-9)8(3)6-10(14)15/h4-5,7-8H,6H2,1-3H3,(H,14,15). The normalized spacial score (nSPS) is 12.8. The molecule has 15 heavy (non-hydrogen) atoms. The number of hydrogen-bond acceptors (Lipinski definition) is 3. The Labute approximate surface area is 89.4 Å². The highest BCUT2D eigenvalue weighted by molar-refractivity contribution is 5.67. The average Bonchev–Trinajstić information content (AvgIpc) is 2.17. The summed E-state index contributed by atoms with van der Waals surface area (Å²) in [5.74, 6) is -0.00497. The number of carboxylic acid groups (broad SMARTS) is 1. The van der Waals surface area contributed by atoms with E-state index in [1.165, 1.54) is 0 Å². The molecule has 1 aromatic rings. The number of hydrogen-bond donors (Lipinski definition) is 1. The molecule has 1 heterocycles. The van der Waals surface area contributed by atoms with Crippen molar-refractivity contribution < 1.29 is 9.90 Å². The lowest BCUT2D eigenvalue weighted by atomic mass is 10.1. The molecule has 1 unspecified atom stereocenters. The molecular weight excluding hydrogens is 192 g/mol. The Morgan fingerprint density at radius 3 is 2.67 bits per heavy atom. The highest BCUT2D eigenvalue weighted by Gasteiger charge is 2.13. The van der Waals surface area contributed by atoms with Gasteiger partial charge in [0.05, 0.1) is 6.42 Å². The summed E-state index contributed by atoms with van der Waals surface area (Å²) >= 11 is 0. The molecule has 1 atom stereocenters. The van der Waals surface area contributed by atoms with Crippen LogP contribution in [0.3, 0.4) is 0 Å². The molecule has 0 bridgehead atoms. The van der Waals surface area contributed by atoms with Gasteiger partial charge in [0.15, 0.2) is 0 Å². The number of carboxylic acids is 1. The number of carbonyl (C=O) groups is 1. The molecule has 0 aliphatic rings. The zero-order valence-electron chi connectivity index (χ0n) is 9.27. The molecule has 0 amide bonds. The van der Waals surface area contributed by atoms with Crippen LogP contribution in [0, 0.1) is 0 Å². The minimum atomic E-state index is -0.818. The first kappa shape index (κ1) is 11.6. The maximum atomic E-state index is 10.5. The Bertz CT molecular complexity index is 350. The predicted octanol–water partition coefficient (Wildman–Crippen LogP) is 2.18. The summed E-state index contributed by atoms with van der Waals surface area (Å²) in [6.45, 7) is 5.93. The van der Waals surface area contributed by atoms with E-state index in [1.54, 1.807) is 6.20 Å². The van der Waals surface area contributed by atoms with Gasteiger partial charge in [-0.15, -0.1) is 0 Å². The van der Waals surface area contributed by atoms with E-state index in [9.17, 15) is 4.79 Å². The zero-order valence-corrected chi connectivity index (χ0v) is 9.27. The van der Waals surface area contributed by atoms with Crippen LogP contribution in [-0.2, 0) is 4.79 Å². The predicted molar refractivity (Wildman–Crippen MR) is 56.8 cm³/mol. The third kappa shape index (κ3) is 3.31. The number of nitrogens with zero attached hydrogens (tertiary/aromatic N) is 2. The smallest absolute Gasteiger partial charge is 0.304 e. The summed E-state index contributed by atoms with van der Waals surface area (Å²) in [6.07, 6.45) is 1.76. The first-order chi connectivity index (χ1) is 7.00. The van der Waals surface area contributed by atoms with E-state index < -0.39 is 5.97 Å². The van der Waals surface area contributed by atoms with E-state index in [1.807, 2.05) is 26.8 Å². The highest BCUT2D eigenvalue weighted by atomic mass is 16.4. The minimum Gasteiger partial charge on any atom is -0.481 e. The summed E-state index contributed by atoms with van der Waals surface area (Å²) in [7, 11) is 0. The van der Waals surface area contributed by atoms with Crippen LogP contribution in [-0.4, -0.2) is 21.0 Å². The van der Waals surface area contributed by atoms with Crippen molar-refractivity contribution in [2.75, 3.05) is 0 Å². The fourth-order valence-corrected chi connectivity index (χ4v) is 1.30. The monoisotopic (exact) mass is 208 g/mol. The van der Waals surface area contributed by atoms with E-state index in [2.05, 4.69) is 9.97 Å². The van der Waals surface area contributed by atoms with Crippen molar-refractivity contribution in [1.29, 1.82) is 0 Å². The van der Waals surface area contributed by atoms with Gasteiger partial charge in [0.2, 0.25) is 0 Å². The number of rotatable bonds is 4. The summed E-state index contributed by atoms with van der Waals surface area (Å²) < 4.78 is 0. The van der Waals surface area contributed by atoms with Crippen molar-refractivity contribution in [1.82, 2.24) is 9.97 Å². The lowest BCUT2D eigenvalue weighted by Crippen LogP contribution is -2.08. The second kappa shape index (κ2) is 4.87. The lowest BCUT2D eigenvalue weighted by molar-refractivity contribution is -0.137. The molecule has 82 valence electrons. The van der Waals surface area contributed by atoms with Gasteiger partial charge < -0.3 is 5.11 Å². The van der Waals surface area contributed by atoms with Crippen LogP contribution >= 0.6 is 0 Å². The van der Waals surface area contributed by atoms with Gasteiger partial charge in [-0.3, -0.25) is 4.79 Å². The Hall–Kier alpha value is -1.45. The molecule has 4 heteroatoms. The Balaban J connectivity index is 2.85. The van der Waals surface area contributed by atoms with Crippen LogP contribution in [0.4, 0.5) is 0 Å². The first-order valence-corrected chi connectivity index (χ1v) is 5.05. The molecule has 0 saturated heterocycles. The van der Waals surface area contributed by atoms with Gasteiger partial charge in [0.1, 0.15) is 5.82 Å². The SMILES string of the molecule is CC(C)c1ccnc(C(C)CC(=O)O)n1. The van der Waals surface area contributed by atoms with Gasteiger partial charge >= 0.3 is 5.97 Å². The van der Waals surface area contributed by atoms with E-state index in [-0.39, 0.29) is 12.3 Å². The highest BCUT2D eigenvalue weighted by Crippen LogP contribution is 2.17. The van der Waals surface area contributed by atoms with E-state index in [4.69, 9.17) is 5.11 Å². The molecule has 0 aliphatic carbocycles. The second-order valence-corrected chi connectivity index (χ2v) is 3.99. The fourth-order valence-electron chi connectivity index (χ4n) is 1.30. The third-order valence-electron chi connectivity index (χ3n) is 2.21. The summed E-state index contributed by atoms with van der Waals surface area (Å²) in [4.78, 5) is 19.0. The van der Waals surface area contributed by atoms with Gasteiger partial charge in [-0.25, -0.2) is 9.97 Å². The molecule has 4 nitrogen and oxygen atoms in total. The Kier molecular flexibility index (Phi) is 3.77. The quantitative estimate of drug-likeness (QED) is 0.823. The van der Waals surface area contributed by atoms with Crippen LogP contribution in [0.2, 0.25) is 0 Å². The van der Waals surface area contributed by atoms with Crippen LogP contribution in [0.5, 0.6) is 0 Å². The Morgan fingerprint density at radius 2 is 2.13 bits per heavy atom. The summed E-state index contributed by atoms with van der Waals surface area (Å²) in [6, 6.07) is 1.86. The van der Waals surface area contributed by atoms with E-state index >= 15 is 0 Å². The molecule has 1 aromatic heterocycles. The molecule has 0 saturated carbocycles. The van der Waals surface area contributed by atoms with Gasteiger partial charge in [0.25, 0.3) is 0 Å². The second-order valence-electron chi connectivity index (χ2n) is 3.99.